The first-order valence-corrected chi connectivity index (χ1v) is 9.39. The van der Waals surface area contributed by atoms with Gasteiger partial charge < -0.3 is 10.8 Å². The van der Waals surface area contributed by atoms with Crippen molar-refractivity contribution < 1.29 is 5.11 Å². The van der Waals surface area contributed by atoms with E-state index in [9.17, 15) is 5.11 Å². The second-order valence-electron chi connectivity index (χ2n) is 9.33. The van der Waals surface area contributed by atoms with Crippen LogP contribution in [0.2, 0.25) is 0 Å². The van der Waals surface area contributed by atoms with Crippen molar-refractivity contribution >= 4 is 0 Å². The summed E-state index contributed by atoms with van der Waals surface area (Å²) in [5.41, 5.74) is 7.04. The van der Waals surface area contributed by atoms with Gasteiger partial charge in [0, 0.05) is 6.04 Å². The quantitative estimate of drug-likeness (QED) is 0.714. The van der Waals surface area contributed by atoms with Gasteiger partial charge >= 0.3 is 0 Å². The van der Waals surface area contributed by atoms with E-state index in [0.717, 1.165) is 30.1 Å². The Morgan fingerprint density at radius 1 is 0.857 bits per heavy atom. The first-order chi connectivity index (χ1) is 9.95. The zero-order valence-electron chi connectivity index (χ0n) is 13.9. The summed E-state index contributed by atoms with van der Waals surface area (Å²) in [4.78, 5) is 0. The third-order valence-electron chi connectivity index (χ3n) is 8.66. The van der Waals surface area contributed by atoms with Crippen molar-refractivity contribution in [3.63, 3.8) is 0 Å². The summed E-state index contributed by atoms with van der Waals surface area (Å²) < 4.78 is 0. The maximum atomic E-state index is 10.5. The molecule has 0 unspecified atom stereocenters. The molecule has 120 valence electrons. The topological polar surface area (TPSA) is 46.2 Å². The van der Waals surface area contributed by atoms with Crippen molar-refractivity contribution in [3.8, 4) is 0 Å². The summed E-state index contributed by atoms with van der Waals surface area (Å²) in [5, 5.41) is 10.5. The molecule has 0 aromatic rings. The molecule has 2 heteroatoms. The second-order valence-corrected chi connectivity index (χ2v) is 9.33. The van der Waals surface area contributed by atoms with Crippen molar-refractivity contribution in [2.24, 2.45) is 40.2 Å². The van der Waals surface area contributed by atoms with E-state index < -0.39 is 0 Å². The Hall–Kier alpha value is -0.0800. The molecule has 4 fully saturated rings. The maximum absolute atomic E-state index is 10.5. The van der Waals surface area contributed by atoms with Crippen LogP contribution in [0.25, 0.3) is 0 Å². The van der Waals surface area contributed by atoms with E-state index in [0.29, 0.717) is 11.5 Å². The van der Waals surface area contributed by atoms with Crippen molar-refractivity contribution in [2.45, 2.75) is 83.8 Å². The minimum Gasteiger partial charge on any atom is -0.393 e. The first kappa shape index (κ1) is 14.5. The lowest BCUT2D eigenvalue weighted by Gasteiger charge is -2.60. The van der Waals surface area contributed by atoms with E-state index in [1.54, 1.807) is 0 Å². The Morgan fingerprint density at radius 3 is 2.38 bits per heavy atom. The highest BCUT2D eigenvalue weighted by molar-refractivity contribution is 5.09. The molecule has 4 saturated carbocycles. The zero-order valence-corrected chi connectivity index (χ0v) is 13.9. The predicted molar refractivity (Wildman–Crippen MR) is 85.7 cm³/mol. The van der Waals surface area contributed by atoms with Crippen LogP contribution in [-0.4, -0.2) is 17.3 Å². The van der Waals surface area contributed by atoms with Gasteiger partial charge in [-0.3, -0.25) is 0 Å². The van der Waals surface area contributed by atoms with Crippen LogP contribution in [0.15, 0.2) is 0 Å². The highest BCUT2D eigenvalue weighted by Crippen LogP contribution is 2.66. The van der Waals surface area contributed by atoms with Gasteiger partial charge in [-0.05, 0) is 92.3 Å². The molecule has 0 amide bonds. The Kier molecular flexibility index (Phi) is 3.25. The fourth-order valence-electron chi connectivity index (χ4n) is 7.26. The van der Waals surface area contributed by atoms with Gasteiger partial charge in [0.15, 0.2) is 0 Å². The number of aliphatic hydroxyl groups excluding tert-OH is 1. The number of hydrogen-bond donors (Lipinski definition) is 2. The Morgan fingerprint density at radius 2 is 1.57 bits per heavy atom. The molecular weight excluding hydrogens is 258 g/mol. The molecule has 21 heavy (non-hydrogen) atoms. The van der Waals surface area contributed by atoms with E-state index in [-0.39, 0.29) is 11.5 Å². The molecule has 0 heterocycles. The average molecular weight is 291 g/mol. The fraction of sp³-hybridized carbons (Fsp3) is 1.00. The van der Waals surface area contributed by atoms with E-state index in [4.69, 9.17) is 5.73 Å². The molecule has 4 aliphatic carbocycles. The summed E-state index contributed by atoms with van der Waals surface area (Å²) in [6.45, 7) is 4.98. The zero-order chi connectivity index (χ0) is 14.8. The van der Waals surface area contributed by atoms with Gasteiger partial charge in [0.05, 0.1) is 6.10 Å². The first-order valence-electron chi connectivity index (χ1n) is 9.39. The van der Waals surface area contributed by atoms with Gasteiger partial charge in [-0.2, -0.15) is 0 Å². The predicted octanol–water partition coefficient (Wildman–Crippen LogP) is 3.72. The lowest BCUT2D eigenvalue weighted by molar-refractivity contribution is -0.122. The highest BCUT2D eigenvalue weighted by Gasteiger charge is 2.59. The molecule has 0 aromatic heterocycles. The minimum absolute atomic E-state index is 0.0336. The molecule has 0 bridgehead atoms. The molecule has 4 aliphatic rings. The molecule has 0 spiro atoms. The monoisotopic (exact) mass is 291 g/mol. The highest BCUT2D eigenvalue weighted by atomic mass is 16.3. The fourth-order valence-corrected chi connectivity index (χ4v) is 7.26. The molecule has 0 aliphatic heterocycles. The molecular formula is C19H33NO. The van der Waals surface area contributed by atoms with E-state index in [1.165, 1.54) is 51.4 Å². The van der Waals surface area contributed by atoms with Crippen molar-refractivity contribution in [2.75, 3.05) is 0 Å². The lowest BCUT2D eigenvalue weighted by Crippen LogP contribution is -2.55. The number of hydrogen-bond acceptors (Lipinski definition) is 2. The molecule has 0 saturated heterocycles. The van der Waals surface area contributed by atoms with Crippen LogP contribution in [-0.2, 0) is 0 Å². The van der Waals surface area contributed by atoms with Crippen LogP contribution in [0.1, 0.15) is 71.6 Å². The summed E-state index contributed by atoms with van der Waals surface area (Å²) in [5.74, 6) is 3.46. The van der Waals surface area contributed by atoms with Crippen LogP contribution >= 0.6 is 0 Å². The average Bonchev–Trinajstić information content (AvgIpc) is 2.76. The number of nitrogens with two attached hydrogens (primary N) is 1. The SMILES string of the molecule is C[C@]12CC[C@@H](N)C[C@@H]1CC[C@H]1[C@H]3CC[C@@H](O)[C@@]3(C)CC[C@@H]12. The summed E-state index contributed by atoms with van der Waals surface area (Å²) in [7, 11) is 0. The Labute approximate surface area is 129 Å². The molecule has 0 aromatic carbocycles. The number of fused-ring (bicyclic) bond motifs is 5. The third kappa shape index (κ3) is 1.91. The number of aliphatic hydroxyl groups is 1. The van der Waals surface area contributed by atoms with Crippen molar-refractivity contribution in [3.05, 3.63) is 0 Å². The smallest absolute Gasteiger partial charge is 0.0596 e. The van der Waals surface area contributed by atoms with Gasteiger partial charge in [-0.15, -0.1) is 0 Å². The van der Waals surface area contributed by atoms with Crippen LogP contribution in [0.3, 0.4) is 0 Å². The number of rotatable bonds is 0. The Balaban J connectivity index is 1.62. The minimum atomic E-state index is -0.0336. The molecule has 3 N–H and O–H groups in total. The van der Waals surface area contributed by atoms with E-state index >= 15 is 0 Å². The van der Waals surface area contributed by atoms with Crippen LogP contribution < -0.4 is 5.73 Å². The summed E-state index contributed by atoms with van der Waals surface area (Å²) in [6, 6.07) is 0.460. The summed E-state index contributed by atoms with van der Waals surface area (Å²) >= 11 is 0. The second kappa shape index (κ2) is 4.71. The largest absolute Gasteiger partial charge is 0.393 e. The van der Waals surface area contributed by atoms with Gasteiger partial charge in [-0.1, -0.05) is 13.8 Å². The van der Waals surface area contributed by atoms with Gasteiger partial charge in [-0.25, -0.2) is 0 Å². The third-order valence-corrected chi connectivity index (χ3v) is 8.66. The maximum Gasteiger partial charge on any atom is 0.0596 e. The molecule has 8 atom stereocenters. The van der Waals surface area contributed by atoms with Crippen LogP contribution in [0, 0.1) is 34.5 Å². The lowest BCUT2D eigenvalue weighted by atomic mass is 9.45. The van der Waals surface area contributed by atoms with Crippen LogP contribution in [0.5, 0.6) is 0 Å². The molecule has 0 radical (unpaired) electrons. The van der Waals surface area contributed by atoms with Crippen molar-refractivity contribution in [1.82, 2.24) is 0 Å². The van der Waals surface area contributed by atoms with Gasteiger partial charge in [0.1, 0.15) is 0 Å². The summed E-state index contributed by atoms with van der Waals surface area (Å²) in [6.07, 6.45) is 11.6. The van der Waals surface area contributed by atoms with Gasteiger partial charge in [0.25, 0.3) is 0 Å². The van der Waals surface area contributed by atoms with Crippen molar-refractivity contribution in [1.29, 1.82) is 0 Å². The molecule has 4 rings (SSSR count). The van der Waals surface area contributed by atoms with Crippen LogP contribution in [0.4, 0.5) is 0 Å². The Bertz CT molecular complexity index is 424. The standard InChI is InChI=1S/C19H33NO/c1-18-9-7-13(20)11-12(18)3-4-14-15-5-6-17(21)19(15,2)10-8-16(14)18/h12-17,21H,3-11,20H2,1-2H3/t12-,13+,14-,15+,16-,17+,18-,19-/m0/s1. The molecule has 2 nitrogen and oxygen atoms in total. The van der Waals surface area contributed by atoms with E-state index in [1.807, 2.05) is 0 Å². The van der Waals surface area contributed by atoms with Gasteiger partial charge in [0.2, 0.25) is 0 Å². The van der Waals surface area contributed by atoms with E-state index in [2.05, 4.69) is 13.8 Å². The normalized spacial score (nSPS) is 60.0.